The van der Waals surface area contributed by atoms with E-state index in [1.165, 1.54) is 29.6 Å². The van der Waals surface area contributed by atoms with Crippen LogP contribution >= 0.6 is 0 Å². The van der Waals surface area contributed by atoms with Crippen molar-refractivity contribution in [2.75, 3.05) is 26.3 Å². The van der Waals surface area contributed by atoms with Crippen LogP contribution in [0.25, 0.3) is 0 Å². The molecule has 14 N–H and O–H groups in total. The Morgan fingerprint density at radius 3 is 1.75 bits per heavy atom. The van der Waals surface area contributed by atoms with Gasteiger partial charge < -0.3 is 76.7 Å². The van der Waals surface area contributed by atoms with Crippen molar-refractivity contribution in [3.05, 3.63) is 64.7 Å². The molecule has 0 saturated carbocycles. The molecule has 41 heteroatoms. The Bertz CT molecular complexity index is 3080. The maximum Gasteiger partial charge on any atom is 0.460 e. The molecule has 0 spiro atoms. The van der Waals surface area contributed by atoms with Gasteiger partial charge in [0, 0.05) is 49.0 Å². The molecule has 5 rings (SSSR count). The second-order valence-corrected chi connectivity index (χ2v) is 21.4. The van der Waals surface area contributed by atoms with Crippen LogP contribution in [-0.2, 0) is 39.9 Å². The number of aliphatic hydroxyl groups excluding tert-OH is 8. The van der Waals surface area contributed by atoms with E-state index in [2.05, 4.69) is 10.6 Å². The third-order valence-corrected chi connectivity index (χ3v) is 15.1. The lowest BCUT2D eigenvalue weighted by atomic mass is 9.82. The minimum atomic E-state index is -8.94. The van der Waals surface area contributed by atoms with Gasteiger partial charge in [-0.2, -0.15) is 74.6 Å². The first-order valence-corrected chi connectivity index (χ1v) is 27.0. The van der Waals surface area contributed by atoms with E-state index in [1.807, 2.05) is 5.32 Å². The van der Waals surface area contributed by atoms with Gasteiger partial charge >= 0.3 is 47.6 Å². The molecule has 2 aliphatic heterocycles. The number of alkyl halides is 17. The molecule has 2 fully saturated rings. The summed E-state index contributed by atoms with van der Waals surface area (Å²) in [5, 5.41) is 101. The first-order chi connectivity index (χ1) is 42.7. The number of fused-ring (bicyclic) bond motifs is 1. The van der Waals surface area contributed by atoms with Crippen molar-refractivity contribution < 1.29 is 168 Å². The number of ketones is 2. The Kier molecular flexibility index (Phi) is 23.9. The molecule has 24 nitrogen and oxygen atoms in total. The molecule has 0 bridgehead atoms. The molecule has 6 amide bonds. The highest BCUT2D eigenvalue weighted by Gasteiger charge is 2.95. The van der Waals surface area contributed by atoms with Crippen molar-refractivity contribution in [1.82, 2.24) is 26.6 Å². The third kappa shape index (κ3) is 15.4. The molecule has 1 aliphatic carbocycles. The predicted molar refractivity (Wildman–Crippen MR) is 268 cm³/mol. The van der Waals surface area contributed by atoms with Crippen LogP contribution in [0.3, 0.4) is 0 Å². The highest BCUT2D eigenvalue weighted by atomic mass is 19.4. The van der Waals surface area contributed by atoms with Crippen LogP contribution in [-0.4, -0.2) is 234 Å². The molecule has 93 heavy (non-hydrogen) atoms. The van der Waals surface area contributed by atoms with Gasteiger partial charge in [-0.25, -0.2) is 0 Å². The van der Waals surface area contributed by atoms with Gasteiger partial charge in [-0.05, 0) is 61.6 Å². The Morgan fingerprint density at radius 1 is 0.645 bits per heavy atom. The maximum atomic E-state index is 14.9. The number of nitrogens with one attached hydrogen (secondary N) is 5. The number of phenols is 1. The van der Waals surface area contributed by atoms with Gasteiger partial charge in [-0.1, -0.05) is 12.1 Å². The van der Waals surface area contributed by atoms with Crippen LogP contribution in [0.15, 0.2) is 42.5 Å². The van der Waals surface area contributed by atoms with E-state index in [4.69, 9.17) is 9.47 Å². The average Bonchev–Trinajstić information content (AvgIpc) is 1.26. The number of hydrogen-bond donors (Lipinski definition) is 14. The molecule has 2 aromatic carbocycles. The Hall–Kier alpha value is -6.99. The van der Waals surface area contributed by atoms with E-state index in [0.29, 0.717) is 0 Å². The average molecular weight is 1380 g/mol. The number of aromatic hydroxyl groups is 1. The summed E-state index contributed by atoms with van der Waals surface area (Å²) in [7, 11) is 0. The fraction of sp³-hybridized carbons (Fsp3) is 0.615. The summed E-state index contributed by atoms with van der Waals surface area (Å²) in [4.78, 5) is 105. The lowest BCUT2D eigenvalue weighted by molar-refractivity contribution is -0.461. The molecule has 2 aromatic rings. The Labute approximate surface area is 509 Å². The summed E-state index contributed by atoms with van der Waals surface area (Å²) in [5.74, 6) is -71.3. The summed E-state index contributed by atoms with van der Waals surface area (Å²) < 4.78 is 247. The van der Waals surface area contributed by atoms with E-state index < -0.39 is 232 Å². The number of Topliss-reactive ketones (excluding diaryl/α,β-unsaturated/α-hetero) is 2. The highest BCUT2D eigenvalue weighted by molar-refractivity contribution is 6.28. The van der Waals surface area contributed by atoms with E-state index >= 15 is 0 Å². The second-order valence-electron chi connectivity index (χ2n) is 21.4. The predicted octanol–water partition coefficient (Wildman–Crippen LogP) is 0.328. The number of unbranched alkanes of at least 4 members (excludes halogenated alkanes) is 1. The lowest BCUT2D eigenvalue weighted by Crippen LogP contribution is -2.74. The smallest absolute Gasteiger partial charge is 0.460 e. The zero-order valence-electron chi connectivity index (χ0n) is 46.9. The quantitative estimate of drug-likeness (QED) is 0.0217. The number of ether oxygens (including phenoxy) is 2. The monoisotopic (exact) mass is 1380 g/mol. The number of phenolic OH excluding ortho intramolecular Hbond substituents is 1. The highest BCUT2D eigenvalue weighted by Crippen LogP contribution is 2.64. The minimum Gasteiger partial charge on any atom is -0.508 e. The normalized spacial score (nSPS) is 23.2. The molecule has 3 aliphatic rings. The van der Waals surface area contributed by atoms with E-state index in [-0.39, 0.29) is 40.8 Å². The van der Waals surface area contributed by atoms with Crippen molar-refractivity contribution in [2.24, 2.45) is 11.8 Å². The number of hydrogen-bond acceptors (Lipinski definition) is 19. The van der Waals surface area contributed by atoms with Crippen LogP contribution < -0.4 is 26.6 Å². The number of piperidine rings is 1. The van der Waals surface area contributed by atoms with Crippen molar-refractivity contribution >= 4 is 47.0 Å². The zero-order valence-corrected chi connectivity index (χ0v) is 46.9. The molecule has 0 radical (unpaired) electrons. The van der Waals surface area contributed by atoms with Crippen LogP contribution in [0.1, 0.15) is 75.2 Å². The topological polar surface area (TPSA) is 397 Å². The van der Waals surface area contributed by atoms with E-state index in [0.717, 1.165) is 18.2 Å². The number of rotatable bonds is 30. The number of carbonyl (C=O) groups excluding carboxylic acids is 8. The number of halogens is 17. The van der Waals surface area contributed by atoms with E-state index in [1.54, 1.807) is 5.32 Å². The molecule has 522 valence electrons. The molecule has 0 aromatic heterocycles. The van der Waals surface area contributed by atoms with Crippen molar-refractivity contribution in [3.63, 3.8) is 0 Å². The van der Waals surface area contributed by atoms with Crippen LogP contribution in [0.4, 0.5) is 74.6 Å². The van der Waals surface area contributed by atoms with Crippen molar-refractivity contribution in [2.45, 2.75) is 160 Å². The standard InChI is InChI=1S/C52H56F17N5O19/c53-45(54,46(55,56)47(57,58)48(59,60)49(61,62)50(63,64)51(65,66)52(67,68)69)12-14-71-41(89)25(72-43(91)36(85)35(84)38(27(78)17-75)93-44-37(86)34(83)33(82)28(18-76)92-44)3-1-2-13-70-42(90)26(15-19-4-7-21(77)8-5-19)73-39(87)20-6-9-22-24(16-20)32(81)30(31(22)80)23-10-11-29(79)74-40(23)88/h4-9,16,23,25-28,30,33-38,44,75-78,82-86H,1-3,10-15,17-18H2,(H,70,90)(H,71,89)(H,72,91)(H,73,87)(H,74,79,88)/t23?,25?,26?,27?,28?,30?,33-,34-,35-,36?,37?,38+,44-/m0/s1. The van der Waals surface area contributed by atoms with Gasteiger partial charge in [0.1, 0.15) is 60.6 Å². The third-order valence-electron chi connectivity index (χ3n) is 15.1. The number of benzene rings is 2. The first-order valence-electron chi connectivity index (χ1n) is 27.0. The number of carbonyl (C=O) groups is 8. The van der Waals surface area contributed by atoms with Gasteiger partial charge in [0.25, 0.3) is 11.8 Å². The summed E-state index contributed by atoms with van der Waals surface area (Å²) in [6.45, 7) is -5.43. The number of amides is 6. The maximum absolute atomic E-state index is 14.9. The van der Waals surface area contributed by atoms with Crippen LogP contribution in [0.5, 0.6) is 5.75 Å². The molecule has 2 heterocycles. The summed E-state index contributed by atoms with van der Waals surface area (Å²) >= 11 is 0. The van der Waals surface area contributed by atoms with E-state index in [9.17, 15) is 159 Å². The number of aliphatic hydroxyl groups is 8. The van der Waals surface area contributed by atoms with Gasteiger partial charge in [0.2, 0.25) is 23.6 Å². The fourth-order valence-corrected chi connectivity index (χ4v) is 9.60. The van der Waals surface area contributed by atoms with Gasteiger partial charge in [0.15, 0.2) is 24.0 Å². The van der Waals surface area contributed by atoms with Crippen molar-refractivity contribution in [1.29, 1.82) is 0 Å². The molecular weight excluding hydrogens is 1320 g/mol. The van der Waals surface area contributed by atoms with Crippen LogP contribution in [0, 0.1) is 11.8 Å². The Balaban J connectivity index is 1.35. The minimum absolute atomic E-state index is 0.154. The SMILES string of the molecule is O=C1CCC(C2C(=O)c3ccc(C(=O)NC(Cc4ccc(O)cc4)C(=O)NCCCCC(NC(=O)C(O)[C@H](O)[C@H](O[C@@H]4OC(CO)[C@H](O)[C@H](O)C4O)C(O)CO)C(=O)NCCC(F)(F)C(F)(F)C(F)(F)C(F)(F)C(F)(F)C(F)(F)C(F)(F)C(F)(F)F)cc3C2=O)C(=O)N1. The first kappa shape index (κ1) is 76.7. The molecule has 13 atom stereocenters. The summed E-state index contributed by atoms with van der Waals surface area (Å²) in [6, 6.07) is 4.05. The zero-order chi connectivity index (χ0) is 70.7. The number of imide groups is 1. The molecular formula is C52H56F17N5O19. The Morgan fingerprint density at radius 2 is 1.19 bits per heavy atom. The largest absolute Gasteiger partial charge is 0.508 e. The lowest BCUT2D eigenvalue weighted by Gasteiger charge is -2.42. The summed E-state index contributed by atoms with van der Waals surface area (Å²) in [6.07, 6.45) is -35.7. The molecule has 2 saturated heterocycles. The fourth-order valence-electron chi connectivity index (χ4n) is 9.60. The molecule has 8 unspecified atom stereocenters. The van der Waals surface area contributed by atoms with Gasteiger partial charge in [-0.15, -0.1) is 0 Å². The second kappa shape index (κ2) is 28.9. The van der Waals surface area contributed by atoms with Gasteiger partial charge in [-0.3, -0.25) is 43.7 Å². The van der Waals surface area contributed by atoms with Crippen LogP contribution in [0.2, 0.25) is 0 Å². The summed E-state index contributed by atoms with van der Waals surface area (Å²) in [5.41, 5.74) is -0.540. The van der Waals surface area contributed by atoms with Gasteiger partial charge in [0.05, 0.1) is 25.0 Å². The van der Waals surface area contributed by atoms with Crippen molar-refractivity contribution in [3.8, 4) is 5.75 Å².